The van der Waals surface area contributed by atoms with Gasteiger partial charge >= 0.3 is 6.18 Å². The molecule has 0 aromatic heterocycles. The molecule has 0 aromatic rings. The van der Waals surface area contributed by atoms with Crippen LogP contribution in [0.15, 0.2) is 0 Å². The molecule has 0 aliphatic carbocycles. The number of carbonyl (C=O) groups is 1. The Labute approximate surface area is 87.2 Å². The van der Waals surface area contributed by atoms with E-state index in [4.69, 9.17) is 5.73 Å². The lowest BCUT2D eigenvalue weighted by atomic mass is 9.81. The molecule has 0 bridgehead atoms. The van der Waals surface area contributed by atoms with Crippen molar-refractivity contribution in [3.8, 4) is 0 Å². The minimum Gasteiger partial charge on any atom is -0.346 e. The van der Waals surface area contributed by atoms with Crippen molar-refractivity contribution in [1.82, 2.24) is 5.32 Å². The first-order valence-electron chi connectivity index (χ1n) is 4.86. The summed E-state index contributed by atoms with van der Waals surface area (Å²) in [7, 11) is 0. The fraction of sp³-hybridized carbons (Fsp3) is 0.889. The third-order valence-corrected chi connectivity index (χ3v) is 2.68. The van der Waals surface area contributed by atoms with Gasteiger partial charge in [0.05, 0.1) is 5.41 Å². The summed E-state index contributed by atoms with van der Waals surface area (Å²) in [4.78, 5) is 11.5. The van der Waals surface area contributed by atoms with Gasteiger partial charge in [0.2, 0.25) is 5.91 Å². The molecule has 0 spiro atoms. The zero-order chi connectivity index (χ0) is 12.1. The summed E-state index contributed by atoms with van der Waals surface area (Å²) < 4.78 is 35.6. The Morgan fingerprint density at radius 2 is 1.73 bits per heavy atom. The number of carbonyl (C=O) groups excluding carboxylic acids is 1. The van der Waals surface area contributed by atoms with Gasteiger partial charge in [0.15, 0.2) is 0 Å². The predicted octanol–water partition coefficient (Wildman–Crippen LogP) is 1.43. The van der Waals surface area contributed by atoms with Gasteiger partial charge in [-0.25, -0.2) is 0 Å². The van der Waals surface area contributed by atoms with E-state index < -0.39 is 24.0 Å². The Hall–Kier alpha value is -0.780. The van der Waals surface area contributed by atoms with Crippen molar-refractivity contribution in [2.75, 3.05) is 13.1 Å². The number of rotatable bonds is 5. The van der Waals surface area contributed by atoms with E-state index in [2.05, 4.69) is 0 Å². The summed E-state index contributed by atoms with van der Waals surface area (Å²) >= 11 is 0. The zero-order valence-electron chi connectivity index (χ0n) is 8.95. The Bertz CT molecular complexity index is 204. The largest absolute Gasteiger partial charge is 0.405 e. The first-order chi connectivity index (χ1) is 6.81. The first kappa shape index (κ1) is 14.2. The van der Waals surface area contributed by atoms with Gasteiger partial charge in [0, 0.05) is 6.54 Å². The highest BCUT2D eigenvalue weighted by Gasteiger charge is 2.36. The molecule has 0 aromatic carbocycles. The van der Waals surface area contributed by atoms with Gasteiger partial charge in [0.25, 0.3) is 0 Å². The van der Waals surface area contributed by atoms with E-state index in [-0.39, 0.29) is 6.54 Å². The fourth-order valence-corrected chi connectivity index (χ4v) is 1.32. The summed E-state index contributed by atoms with van der Waals surface area (Å²) in [5.74, 6) is -0.618. The van der Waals surface area contributed by atoms with Crippen LogP contribution < -0.4 is 11.1 Å². The maximum absolute atomic E-state index is 11.9. The van der Waals surface area contributed by atoms with Crippen LogP contribution in [0, 0.1) is 5.41 Å². The Morgan fingerprint density at radius 1 is 1.27 bits per heavy atom. The van der Waals surface area contributed by atoms with Gasteiger partial charge in [0.1, 0.15) is 6.54 Å². The number of halogens is 3. The molecule has 6 heteroatoms. The van der Waals surface area contributed by atoms with Crippen molar-refractivity contribution in [3.05, 3.63) is 0 Å². The van der Waals surface area contributed by atoms with Crippen LogP contribution in [-0.2, 0) is 4.79 Å². The van der Waals surface area contributed by atoms with Crippen LogP contribution in [0.4, 0.5) is 13.2 Å². The first-order valence-corrected chi connectivity index (χ1v) is 4.86. The minimum absolute atomic E-state index is 0.0592. The molecule has 0 aliphatic rings. The van der Waals surface area contributed by atoms with Crippen LogP contribution >= 0.6 is 0 Å². The van der Waals surface area contributed by atoms with Gasteiger partial charge < -0.3 is 11.1 Å². The molecule has 0 unspecified atom stereocenters. The highest BCUT2D eigenvalue weighted by atomic mass is 19.4. The van der Waals surface area contributed by atoms with Gasteiger partial charge in [-0.3, -0.25) is 4.79 Å². The second-order valence-electron chi connectivity index (χ2n) is 3.49. The number of nitrogens with one attached hydrogen (secondary N) is 1. The van der Waals surface area contributed by atoms with Crippen molar-refractivity contribution in [2.24, 2.45) is 11.1 Å². The number of nitrogens with two attached hydrogens (primary N) is 1. The molecule has 0 aliphatic heterocycles. The topological polar surface area (TPSA) is 55.1 Å². The average molecular weight is 226 g/mol. The van der Waals surface area contributed by atoms with Crippen LogP contribution in [0.1, 0.15) is 26.7 Å². The number of hydrogen-bond donors (Lipinski definition) is 2. The Balaban J connectivity index is 4.40. The van der Waals surface area contributed by atoms with Gasteiger partial charge in [-0.15, -0.1) is 0 Å². The van der Waals surface area contributed by atoms with Gasteiger partial charge in [-0.1, -0.05) is 13.8 Å². The second kappa shape index (κ2) is 5.34. The number of alkyl halides is 3. The van der Waals surface area contributed by atoms with E-state index in [1.807, 2.05) is 5.32 Å². The van der Waals surface area contributed by atoms with Crippen molar-refractivity contribution in [1.29, 1.82) is 0 Å². The smallest absolute Gasteiger partial charge is 0.346 e. The molecule has 0 saturated carbocycles. The SMILES string of the molecule is CCC(CC)(CN)C(=O)NCC(F)(F)F. The van der Waals surface area contributed by atoms with Gasteiger partial charge in [-0.2, -0.15) is 13.2 Å². The van der Waals surface area contributed by atoms with Crippen molar-refractivity contribution >= 4 is 5.91 Å². The third-order valence-electron chi connectivity index (χ3n) is 2.68. The van der Waals surface area contributed by atoms with E-state index >= 15 is 0 Å². The monoisotopic (exact) mass is 226 g/mol. The lowest BCUT2D eigenvalue weighted by molar-refractivity contribution is -0.144. The fourth-order valence-electron chi connectivity index (χ4n) is 1.32. The molecule has 0 heterocycles. The summed E-state index contributed by atoms with van der Waals surface area (Å²) in [6.45, 7) is 2.24. The highest BCUT2D eigenvalue weighted by Crippen LogP contribution is 2.25. The van der Waals surface area contributed by atoms with Crippen LogP contribution in [0.2, 0.25) is 0 Å². The molecule has 0 fully saturated rings. The molecule has 1 amide bonds. The Kier molecular flexibility index (Phi) is 5.07. The molecule has 0 radical (unpaired) electrons. The molecule has 0 atom stereocenters. The molecule has 0 rings (SSSR count). The third kappa shape index (κ3) is 4.07. The quantitative estimate of drug-likeness (QED) is 0.745. The molecular formula is C9H17F3N2O. The van der Waals surface area contributed by atoms with Crippen molar-refractivity contribution in [2.45, 2.75) is 32.9 Å². The molecule has 3 N–H and O–H groups in total. The number of hydrogen-bond acceptors (Lipinski definition) is 2. The summed E-state index contributed by atoms with van der Waals surface area (Å²) in [5.41, 5.74) is 4.56. The van der Waals surface area contributed by atoms with Crippen LogP contribution in [-0.4, -0.2) is 25.2 Å². The molecule has 3 nitrogen and oxygen atoms in total. The molecule has 15 heavy (non-hydrogen) atoms. The number of amides is 1. The second-order valence-corrected chi connectivity index (χ2v) is 3.49. The van der Waals surface area contributed by atoms with Crippen molar-refractivity contribution < 1.29 is 18.0 Å². The van der Waals surface area contributed by atoms with Crippen LogP contribution in [0.25, 0.3) is 0 Å². The van der Waals surface area contributed by atoms with E-state index in [1.165, 1.54) is 0 Å². The Morgan fingerprint density at radius 3 is 2.00 bits per heavy atom. The standard InChI is InChI=1S/C9H17F3N2O/c1-3-8(4-2,5-13)7(15)14-6-9(10,11)12/h3-6,13H2,1-2H3,(H,14,15). The van der Waals surface area contributed by atoms with E-state index in [1.54, 1.807) is 13.8 Å². The molecular weight excluding hydrogens is 209 g/mol. The lowest BCUT2D eigenvalue weighted by Crippen LogP contribution is -2.47. The molecule has 90 valence electrons. The van der Waals surface area contributed by atoms with Crippen LogP contribution in [0.5, 0.6) is 0 Å². The summed E-state index contributed by atoms with van der Waals surface area (Å²) in [6.07, 6.45) is -3.51. The average Bonchev–Trinajstić information content (AvgIpc) is 2.17. The zero-order valence-corrected chi connectivity index (χ0v) is 8.95. The van der Waals surface area contributed by atoms with Crippen LogP contribution in [0.3, 0.4) is 0 Å². The maximum Gasteiger partial charge on any atom is 0.405 e. The normalized spacial score (nSPS) is 12.7. The van der Waals surface area contributed by atoms with Gasteiger partial charge in [-0.05, 0) is 12.8 Å². The highest BCUT2D eigenvalue weighted by molar-refractivity contribution is 5.82. The lowest BCUT2D eigenvalue weighted by Gasteiger charge is -2.28. The maximum atomic E-state index is 11.9. The summed E-state index contributed by atoms with van der Waals surface area (Å²) in [6, 6.07) is 0. The van der Waals surface area contributed by atoms with Crippen molar-refractivity contribution in [3.63, 3.8) is 0 Å². The predicted molar refractivity (Wildman–Crippen MR) is 51.1 cm³/mol. The summed E-state index contributed by atoms with van der Waals surface area (Å²) in [5, 5.41) is 1.87. The minimum atomic E-state index is -4.38. The molecule has 0 saturated heterocycles. The van der Waals surface area contributed by atoms with E-state index in [0.717, 1.165) is 0 Å². The van der Waals surface area contributed by atoms with E-state index in [0.29, 0.717) is 12.8 Å². The van der Waals surface area contributed by atoms with E-state index in [9.17, 15) is 18.0 Å².